The third-order valence-electron chi connectivity index (χ3n) is 1.37. The first-order valence-electron chi connectivity index (χ1n) is 3.89. The fraction of sp³-hybridized carbons (Fsp3) is 0.375. The van der Waals surface area contributed by atoms with Gasteiger partial charge in [0.2, 0.25) is 5.95 Å². The van der Waals surface area contributed by atoms with Crippen LogP contribution >= 0.6 is 0 Å². The molecule has 0 atom stereocenters. The first kappa shape index (κ1) is 9.44. The summed E-state index contributed by atoms with van der Waals surface area (Å²) in [4.78, 5) is 15.1. The highest BCUT2D eigenvalue weighted by molar-refractivity contribution is 5.98. The zero-order valence-corrected chi connectivity index (χ0v) is 7.90. The van der Waals surface area contributed by atoms with Gasteiger partial charge in [-0.3, -0.25) is 10.1 Å². The highest BCUT2D eigenvalue weighted by atomic mass is 16.1. The molecule has 0 saturated heterocycles. The molecule has 1 heterocycles. The van der Waals surface area contributed by atoms with Gasteiger partial charge in [0.1, 0.15) is 6.33 Å². The number of aromatic nitrogens is 3. The number of nitrogens with one attached hydrogen (secondary N) is 1. The molecule has 0 fully saturated rings. The van der Waals surface area contributed by atoms with E-state index in [1.165, 1.54) is 17.1 Å². The molecular formula is C8H12N4O. The number of amides is 1. The number of allylic oxidation sites excluding steroid dienone is 1. The maximum absolute atomic E-state index is 11.2. The Morgan fingerprint density at radius 1 is 1.62 bits per heavy atom. The van der Waals surface area contributed by atoms with Crippen LogP contribution in [0.25, 0.3) is 0 Å². The van der Waals surface area contributed by atoms with Crippen molar-refractivity contribution < 1.29 is 4.79 Å². The SMILES string of the molecule is CC(C)=CC(=O)Nc1ncnn1C. The van der Waals surface area contributed by atoms with Gasteiger partial charge in [-0.25, -0.2) is 4.68 Å². The van der Waals surface area contributed by atoms with Crippen LogP contribution in [0.15, 0.2) is 18.0 Å². The van der Waals surface area contributed by atoms with Crippen molar-refractivity contribution in [1.82, 2.24) is 14.8 Å². The normalized spacial score (nSPS) is 9.46. The van der Waals surface area contributed by atoms with Crippen molar-refractivity contribution in [2.75, 3.05) is 5.32 Å². The summed E-state index contributed by atoms with van der Waals surface area (Å²) in [5.74, 6) is 0.263. The van der Waals surface area contributed by atoms with Crippen molar-refractivity contribution in [2.45, 2.75) is 13.8 Å². The zero-order valence-electron chi connectivity index (χ0n) is 7.90. The molecule has 5 heteroatoms. The van der Waals surface area contributed by atoms with Crippen LogP contribution in [0.5, 0.6) is 0 Å². The van der Waals surface area contributed by atoms with E-state index in [-0.39, 0.29) is 5.91 Å². The molecule has 1 rings (SSSR count). The minimum absolute atomic E-state index is 0.184. The number of carbonyl (C=O) groups excluding carboxylic acids is 1. The molecule has 0 bridgehead atoms. The Labute approximate surface area is 76.5 Å². The monoisotopic (exact) mass is 180 g/mol. The fourth-order valence-electron chi connectivity index (χ4n) is 0.818. The number of hydrogen-bond acceptors (Lipinski definition) is 3. The lowest BCUT2D eigenvalue weighted by molar-refractivity contribution is -0.112. The predicted octanol–water partition coefficient (Wildman–Crippen LogP) is 0.720. The van der Waals surface area contributed by atoms with Gasteiger partial charge in [0.05, 0.1) is 0 Å². The number of nitrogens with zero attached hydrogens (tertiary/aromatic N) is 3. The Morgan fingerprint density at radius 3 is 2.77 bits per heavy atom. The van der Waals surface area contributed by atoms with E-state index in [0.29, 0.717) is 5.95 Å². The van der Waals surface area contributed by atoms with E-state index in [9.17, 15) is 4.79 Å². The molecule has 0 aliphatic carbocycles. The summed E-state index contributed by atoms with van der Waals surface area (Å²) >= 11 is 0. The third kappa shape index (κ3) is 2.70. The topological polar surface area (TPSA) is 59.8 Å². The Morgan fingerprint density at radius 2 is 2.31 bits per heavy atom. The van der Waals surface area contributed by atoms with Crippen LogP contribution in [0.2, 0.25) is 0 Å². The highest BCUT2D eigenvalue weighted by Crippen LogP contribution is 1.98. The van der Waals surface area contributed by atoms with Crippen molar-refractivity contribution in [2.24, 2.45) is 7.05 Å². The molecule has 1 N–H and O–H groups in total. The smallest absolute Gasteiger partial charge is 0.250 e. The quantitative estimate of drug-likeness (QED) is 0.682. The lowest BCUT2D eigenvalue weighted by atomic mass is 10.3. The first-order chi connectivity index (χ1) is 6.09. The van der Waals surface area contributed by atoms with Gasteiger partial charge in [0.15, 0.2) is 0 Å². The van der Waals surface area contributed by atoms with E-state index in [1.54, 1.807) is 7.05 Å². The van der Waals surface area contributed by atoms with Crippen molar-refractivity contribution in [3.63, 3.8) is 0 Å². The van der Waals surface area contributed by atoms with Gasteiger partial charge >= 0.3 is 0 Å². The maximum Gasteiger partial charge on any atom is 0.250 e. The number of aryl methyl sites for hydroxylation is 1. The molecule has 0 aromatic carbocycles. The Balaban J connectivity index is 2.66. The molecule has 70 valence electrons. The number of anilines is 1. The summed E-state index contributed by atoms with van der Waals surface area (Å²) < 4.78 is 1.50. The van der Waals surface area contributed by atoms with Gasteiger partial charge in [-0.05, 0) is 13.8 Å². The Bertz CT molecular complexity index is 336. The van der Waals surface area contributed by atoms with Gasteiger partial charge in [-0.1, -0.05) is 5.57 Å². The summed E-state index contributed by atoms with van der Waals surface area (Å²) in [6, 6.07) is 0. The average molecular weight is 180 g/mol. The first-order valence-corrected chi connectivity index (χ1v) is 3.89. The molecule has 1 aromatic heterocycles. The van der Waals surface area contributed by atoms with E-state index in [2.05, 4.69) is 15.4 Å². The van der Waals surface area contributed by atoms with Crippen LogP contribution in [0.4, 0.5) is 5.95 Å². The van der Waals surface area contributed by atoms with Gasteiger partial charge in [0, 0.05) is 13.1 Å². The van der Waals surface area contributed by atoms with Gasteiger partial charge < -0.3 is 0 Å². The van der Waals surface area contributed by atoms with Gasteiger partial charge in [-0.15, -0.1) is 0 Å². The van der Waals surface area contributed by atoms with E-state index in [0.717, 1.165) is 5.57 Å². The molecular weight excluding hydrogens is 168 g/mol. The van der Waals surface area contributed by atoms with Gasteiger partial charge in [0.25, 0.3) is 5.91 Å². The predicted molar refractivity (Wildman–Crippen MR) is 49.1 cm³/mol. The molecule has 0 radical (unpaired) electrons. The summed E-state index contributed by atoms with van der Waals surface area (Å²) in [5.41, 5.74) is 0.944. The van der Waals surface area contributed by atoms with Crippen molar-refractivity contribution in [1.29, 1.82) is 0 Å². The molecule has 5 nitrogen and oxygen atoms in total. The van der Waals surface area contributed by atoms with Crippen LogP contribution < -0.4 is 5.32 Å². The van der Waals surface area contributed by atoms with Gasteiger partial charge in [-0.2, -0.15) is 10.1 Å². The number of carbonyl (C=O) groups is 1. The number of hydrogen-bond donors (Lipinski definition) is 1. The molecule has 0 spiro atoms. The highest BCUT2D eigenvalue weighted by Gasteiger charge is 2.02. The van der Waals surface area contributed by atoms with E-state index in [4.69, 9.17) is 0 Å². The summed E-state index contributed by atoms with van der Waals surface area (Å²) in [6.45, 7) is 3.71. The van der Waals surface area contributed by atoms with Crippen LogP contribution in [-0.4, -0.2) is 20.7 Å². The maximum atomic E-state index is 11.2. The molecule has 0 unspecified atom stereocenters. The van der Waals surface area contributed by atoms with Crippen molar-refractivity contribution in [3.8, 4) is 0 Å². The standard InChI is InChI=1S/C8H12N4O/c1-6(2)4-7(13)11-8-9-5-10-12(8)3/h4-5H,1-3H3,(H,9,10,11,13). The summed E-state index contributed by atoms with van der Waals surface area (Å²) in [5, 5.41) is 6.41. The lowest BCUT2D eigenvalue weighted by Crippen LogP contribution is -2.12. The van der Waals surface area contributed by atoms with Crippen molar-refractivity contribution in [3.05, 3.63) is 18.0 Å². The van der Waals surface area contributed by atoms with Crippen LogP contribution in [0.1, 0.15) is 13.8 Å². The second-order valence-electron chi connectivity index (χ2n) is 2.92. The fourth-order valence-corrected chi connectivity index (χ4v) is 0.818. The minimum atomic E-state index is -0.184. The van der Waals surface area contributed by atoms with E-state index in [1.807, 2.05) is 13.8 Å². The van der Waals surface area contributed by atoms with Crippen LogP contribution in [0, 0.1) is 0 Å². The molecule has 0 aliphatic heterocycles. The van der Waals surface area contributed by atoms with E-state index < -0.39 is 0 Å². The molecule has 1 amide bonds. The Hall–Kier alpha value is -1.65. The number of rotatable bonds is 2. The summed E-state index contributed by atoms with van der Waals surface area (Å²) in [6.07, 6.45) is 2.90. The molecule has 0 aliphatic rings. The molecule has 0 saturated carbocycles. The van der Waals surface area contributed by atoms with Crippen molar-refractivity contribution >= 4 is 11.9 Å². The molecule has 13 heavy (non-hydrogen) atoms. The van der Waals surface area contributed by atoms with Crippen LogP contribution in [-0.2, 0) is 11.8 Å². The van der Waals surface area contributed by atoms with Crippen LogP contribution in [0.3, 0.4) is 0 Å². The van der Waals surface area contributed by atoms with E-state index >= 15 is 0 Å². The minimum Gasteiger partial charge on any atom is -0.291 e. The average Bonchev–Trinajstić information content (AvgIpc) is 2.34. The Kier molecular flexibility index (Phi) is 2.79. The zero-order chi connectivity index (χ0) is 9.84. The second-order valence-corrected chi connectivity index (χ2v) is 2.92. The largest absolute Gasteiger partial charge is 0.291 e. The second kappa shape index (κ2) is 3.84. The lowest BCUT2D eigenvalue weighted by Gasteiger charge is -1.99. The third-order valence-corrected chi connectivity index (χ3v) is 1.37. The summed E-state index contributed by atoms with van der Waals surface area (Å²) in [7, 11) is 1.71. The molecule has 1 aromatic rings.